The maximum absolute atomic E-state index is 4.50. The fourth-order valence-electron chi connectivity index (χ4n) is 2.19. The van der Waals surface area contributed by atoms with Gasteiger partial charge in [-0.1, -0.05) is 26.0 Å². The SMILES string of the molecule is CCCNCc1cccc(SCc2cc(CC)nn2C)c1. The Kier molecular flexibility index (Phi) is 6.33. The highest BCUT2D eigenvalue weighted by Gasteiger charge is 2.05. The van der Waals surface area contributed by atoms with Gasteiger partial charge in [-0.3, -0.25) is 4.68 Å². The third-order valence-electron chi connectivity index (χ3n) is 3.43. The molecule has 1 aromatic carbocycles. The highest BCUT2D eigenvalue weighted by atomic mass is 32.2. The largest absolute Gasteiger partial charge is 0.313 e. The summed E-state index contributed by atoms with van der Waals surface area (Å²) >= 11 is 1.88. The zero-order valence-electron chi connectivity index (χ0n) is 13.2. The lowest BCUT2D eigenvalue weighted by Crippen LogP contribution is -2.13. The van der Waals surface area contributed by atoms with Gasteiger partial charge in [-0.2, -0.15) is 5.10 Å². The van der Waals surface area contributed by atoms with E-state index in [1.165, 1.54) is 28.3 Å². The van der Waals surface area contributed by atoms with Crippen LogP contribution in [0, 0.1) is 0 Å². The molecule has 0 radical (unpaired) electrons. The molecule has 2 aromatic rings. The lowest BCUT2D eigenvalue weighted by molar-refractivity contribution is 0.674. The summed E-state index contributed by atoms with van der Waals surface area (Å²) in [7, 11) is 2.03. The maximum atomic E-state index is 4.50. The molecule has 1 N–H and O–H groups in total. The molecule has 21 heavy (non-hydrogen) atoms. The van der Waals surface area contributed by atoms with Crippen LogP contribution in [-0.2, 0) is 25.8 Å². The van der Waals surface area contributed by atoms with Crippen LogP contribution in [0.25, 0.3) is 0 Å². The molecule has 3 nitrogen and oxygen atoms in total. The molecular weight excluding hydrogens is 278 g/mol. The van der Waals surface area contributed by atoms with Crippen molar-refractivity contribution in [3.05, 3.63) is 47.3 Å². The fraction of sp³-hybridized carbons (Fsp3) is 0.471. The number of nitrogens with zero attached hydrogens (tertiary/aromatic N) is 2. The fourth-order valence-corrected chi connectivity index (χ4v) is 3.19. The van der Waals surface area contributed by atoms with Gasteiger partial charge in [0.15, 0.2) is 0 Å². The number of thioether (sulfide) groups is 1. The first-order valence-electron chi connectivity index (χ1n) is 7.67. The topological polar surface area (TPSA) is 29.9 Å². The average molecular weight is 303 g/mol. The average Bonchev–Trinajstić information content (AvgIpc) is 2.86. The van der Waals surface area contributed by atoms with E-state index in [1.54, 1.807) is 0 Å². The second-order valence-corrected chi connectivity index (χ2v) is 6.27. The number of rotatable bonds is 8. The van der Waals surface area contributed by atoms with Gasteiger partial charge in [0.25, 0.3) is 0 Å². The lowest BCUT2D eigenvalue weighted by Gasteiger charge is -2.06. The number of benzene rings is 1. The third kappa shape index (κ3) is 4.90. The second kappa shape index (κ2) is 8.25. The van der Waals surface area contributed by atoms with E-state index in [2.05, 4.69) is 54.6 Å². The molecule has 0 spiro atoms. The standard InChI is InChI=1S/C17H25N3S/c1-4-9-18-12-14-7-6-8-17(10-14)21-13-16-11-15(5-2)19-20(16)3/h6-8,10-11,18H,4-5,9,12-13H2,1-3H3. The van der Waals surface area contributed by atoms with E-state index in [0.29, 0.717) is 0 Å². The third-order valence-corrected chi connectivity index (χ3v) is 4.46. The van der Waals surface area contributed by atoms with Crippen LogP contribution in [0.15, 0.2) is 35.2 Å². The van der Waals surface area contributed by atoms with E-state index in [0.717, 1.165) is 25.3 Å². The number of hydrogen-bond donors (Lipinski definition) is 1. The highest BCUT2D eigenvalue weighted by Crippen LogP contribution is 2.24. The second-order valence-electron chi connectivity index (χ2n) is 5.22. The molecule has 0 amide bonds. The van der Waals surface area contributed by atoms with Crippen LogP contribution in [0.3, 0.4) is 0 Å². The van der Waals surface area contributed by atoms with E-state index in [1.807, 2.05) is 23.5 Å². The molecule has 0 aliphatic heterocycles. The van der Waals surface area contributed by atoms with Crippen LogP contribution < -0.4 is 5.32 Å². The molecule has 0 bridgehead atoms. The quantitative estimate of drug-likeness (QED) is 0.594. The van der Waals surface area contributed by atoms with Gasteiger partial charge in [0.05, 0.1) is 5.69 Å². The Morgan fingerprint density at radius 2 is 2.10 bits per heavy atom. The van der Waals surface area contributed by atoms with Crippen LogP contribution in [0.1, 0.15) is 37.2 Å². The number of nitrogens with one attached hydrogen (secondary N) is 1. The Morgan fingerprint density at radius 3 is 2.81 bits per heavy atom. The Bertz CT molecular complexity index is 563. The minimum Gasteiger partial charge on any atom is -0.313 e. The van der Waals surface area contributed by atoms with Crippen molar-refractivity contribution in [2.45, 2.75) is 43.9 Å². The molecule has 0 atom stereocenters. The van der Waals surface area contributed by atoms with Gasteiger partial charge in [0.1, 0.15) is 0 Å². The molecule has 0 unspecified atom stereocenters. The summed E-state index contributed by atoms with van der Waals surface area (Å²) in [6, 6.07) is 11.0. The Hall–Kier alpha value is -1.26. The molecule has 0 aliphatic rings. The minimum atomic E-state index is 0.952. The van der Waals surface area contributed by atoms with Gasteiger partial charge >= 0.3 is 0 Å². The zero-order chi connectivity index (χ0) is 15.1. The predicted octanol–water partition coefficient (Wildman–Crippen LogP) is 3.77. The van der Waals surface area contributed by atoms with E-state index in [9.17, 15) is 0 Å². The first-order valence-corrected chi connectivity index (χ1v) is 8.65. The van der Waals surface area contributed by atoms with Crippen LogP contribution >= 0.6 is 11.8 Å². The summed E-state index contributed by atoms with van der Waals surface area (Å²) in [4.78, 5) is 1.32. The summed E-state index contributed by atoms with van der Waals surface area (Å²) in [6.07, 6.45) is 2.17. The van der Waals surface area contributed by atoms with Gasteiger partial charge < -0.3 is 5.32 Å². The number of hydrogen-bond acceptors (Lipinski definition) is 3. The van der Waals surface area contributed by atoms with Crippen molar-refractivity contribution >= 4 is 11.8 Å². The van der Waals surface area contributed by atoms with Crippen molar-refractivity contribution < 1.29 is 0 Å². The Morgan fingerprint density at radius 1 is 1.24 bits per heavy atom. The molecule has 0 fully saturated rings. The molecule has 114 valence electrons. The number of aryl methyl sites for hydroxylation is 2. The maximum Gasteiger partial charge on any atom is 0.0625 e. The molecule has 4 heteroatoms. The van der Waals surface area contributed by atoms with Gasteiger partial charge in [-0.05, 0) is 43.1 Å². The van der Waals surface area contributed by atoms with Crippen LogP contribution in [0.4, 0.5) is 0 Å². The van der Waals surface area contributed by atoms with E-state index < -0.39 is 0 Å². The molecule has 1 heterocycles. The van der Waals surface area contributed by atoms with Crippen LogP contribution in [0.2, 0.25) is 0 Å². The van der Waals surface area contributed by atoms with Crippen molar-refractivity contribution in [3.8, 4) is 0 Å². The first kappa shape index (κ1) is 16.1. The van der Waals surface area contributed by atoms with Crippen LogP contribution in [0.5, 0.6) is 0 Å². The van der Waals surface area contributed by atoms with E-state index in [-0.39, 0.29) is 0 Å². The Labute approximate surface area is 132 Å². The summed E-state index contributed by atoms with van der Waals surface area (Å²) in [5, 5.41) is 7.95. The molecule has 0 aliphatic carbocycles. The summed E-state index contributed by atoms with van der Waals surface area (Å²) in [6.45, 7) is 6.36. The Balaban J connectivity index is 1.93. The first-order chi connectivity index (χ1) is 10.2. The summed E-state index contributed by atoms with van der Waals surface area (Å²) in [5.74, 6) is 0.968. The number of aromatic nitrogens is 2. The monoisotopic (exact) mass is 303 g/mol. The smallest absolute Gasteiger partial charge is 0.0625 e. The zero-order valence-corrected chi connectivity index (χ0v) is 14.0. The van der Waals surface area contributed by atoms with E-state index in [4.69, 9.17) is 0 Å². The van der Waals surface area contributed by atoms with Crippen molar-refractivity contribution in [2.75, 3.05) is 6.54 Å². The minimum absolute atomic E-state index is 0.952. The molecular formula is C17H25N3S. The van der Waals surface area contributed by atoms with Crippen molar-refractivity contribution in [2.24, 2.45) is 7.05 Å². The summed E-state index contributed by atoms with van der Waals surface area (Å²) in [5.41, 5.74) is 3.81. The molecule has 2 rings (SSSR count). The van der Waals surface area contributed by atoms with Crippen LogP contribution in [-0.4, -0.2) is 16.3 Å². The molecule has 0 saturated carbocycles. The van der Waals surface area contributed by atoms with Gasteiger partial charge in [-0.25, -0.2) is 0 Å². The molecule has 1 aromatic heterocycles. The van der Waals surface area contributed by atoms with Gasteiger partial charge in [0.2, 0.25) is 0 Å². The van der Waals surface area contributed by atoms with Crippen molar-refractivity contribution in [1.82, 2.24) is 15.1 Å². The predicted molar refractivity (Wildman–Crippen MR) is 90.6 cm³/mol. The highest BCUT2D eigenvalue weighted by molar-refractivity contribution is 7.98. The van der Waals surface area contributed by atoms with Crippen molar-refractivity contribution in [1.29, 1.82) is 0 Å². The van der Waals surface area contributed by atoms with Gasteiger partial charge in [0, 0.05) is 29.9 Å². The normalized spacial score (nSPS) is 11.0. The van der Waals surface area contributed by atoms with Crippen molar-refractivity contribution in [3.63, 3.8) is 0 Å². The molecule has 0 saturated heterocycles. The lowest BCUT2D eigenvalue weighted by atomic mass is 10.2. The summed E-state index contributed by atoms with van der Waals surface area (Å²) < 4.78 is 2.00. The van der Waals surface area contributed by atoms with Gasteiger partial charge in [-0.15, -0.1) is 11.8 Å². The van der Waals surface area contributed by atoms with E-state index >= 15 is 0 Å².